The second-order valence-electron chi connectivity index (χ2n) is 6.35. The van der Waals surface area contributed by atoms with Crippen LogP contribution in [0, 0.1) is 17.8 Å². The first-order valence-electron chi connectivity index (χ1n) is 8.88. The zero-order valence-corrected chi connectivity index (χ0v) is 15.1. The lowest BCUT2D eigenvalue weighted by molar-refractivity contribution is 0.339. The summed E-state index contributed by atoms with van der Waals surface area (Å²) in [6.07, 6.45) is 18.6. The van der Waals surface area contributed by atoms with Gasteiger partial charge in [-0.1, -0.05) is 74.3 Å². The Morgan fingerprint density at radius 2 is 2.00 bits per heavy atom. The Morgan fingerprint density at radius 1 is 1.17 bits per heavy atom. The number of hydrogen-bond acceptors (Lipinski definition) is 1. The quantitative estimate of drug-likeness (QED) is 0.363. The fourth-order valence-corrected chi connectivity index (χ4v) is 3.44. The van der Waals surface area contributed by atoms with Crippen molar-refractivity contribution in [2.24, 2.45) is 5.92 Å². The minimum absolute atomic E-state index is 0.779. The van der Waals surface area contributed by atoms with Crippen molar-refractivity contribution in [3.05, 3.63) is 53.6 Å². The van der Waals surface area contributed by atoms with Crippen LogP contribution in [-0.2, 0) is 6.42 Å². The summed E-state index contributed by atoms with van der Waals surface area (Å²) in [6, 6.07) is 6.55. The molecule has 1 saturated carbocycles. The summed E-state index contributed by atoms with van der Waals surface area (Å²) in [6.45, 7) is 2.01. The molecular weight excluding hydrogens is 296 g/mol. The number of allylic oxidation sites excluding steroid dienone is 4. The van der Waals surface area contributed by atoms with E-state index in [4.69, 9.17) is 0 Å². The summed E-state index contributed by atoms with van der Waals surface area (Å²) in [5.41, 5.74) is 2.44. The Kier molecular flexibility index (Phi) is 8.12. The molecule has 2 rings (SSSR count). The molecule has 0 radical (unpaired) electrons. The fourth-order valence-electron chi connectivity index (χ4n) is 3.15. The number of aryl methyl sites for hydroxylation is 1. The first kappa shape index (κ1) is 18.0. The molecule has 0 aliphatic heterocycles. The monoisotopic (exact) mass is 324 g/mol. The van der Waals surface area contributed by atoms with Gasteiger partial charge >= 0.3 is 0 Å². The number of hydrogen-bond donors (Lipinski definition) is 1. The Balaban J connectivity index is 1.86. The van der Waals surface area contributed by atoms with Crippen LogP contribution in [-0.4, -0.2) is 0 Å². The molecule has 0 saturated heterocycles. The lowest BCUT2D eigenvalue weighted by atomic mass is 9.85. The topological polar surface area (TPSA) is 0 Å². The third kappa shape index (κ3) is 6.71. The summed E-state index contributed by atoms with van der Waals surface area (Å²) in [5, 5.41) is 0. The Hall–Kier alpha value is -1.39. The minimum atomic E-state index is 0.779. The summed E-state index contributed by atoms with van der Waals surface area (Å²) in [7, 11) is 0. The molecule has 0 unspecified atom stereocenters. The highest BCUT2D eigenvalue weighted by atomic mass is 32.1. The average Bonchev–Trinajstić information content (AvgIpc) is 2.58. The molecule has 1 aliphatic carbocycles. The minimum Gasteiger partial charge on any atom is -0.142 e. The average molecular weight is 325 g/mol. The molecule has 0 amide bonds. The Labute approximate surface area is 147 Å². The van der Waals surface area contributed by atoms with Gasteiger partial charge in [0.05, 0.1) is 0 Å². The van der Waals surface area contributed by atoms with Crippen LogP contribution in [0.3, 0.4) is 0 Å². The number of thiol groups is 1. The van der Waals surface area contributed by atoms with Gasteiger partial charge in [0, 0.05) is 16.9 Å². The highest BCUT2D eigenvalue weighted by molar-refractivity contribution is 7.80. The number of benzene rings is 1. The maximum Gasteiger partial charge on any atom is 0.0378 e. The highest BCUT2D eigenvalue weighted by Gasteiger charge is 2.13. The van der Waals surface area contributed by atoms with E-state index in [-0.39, 0.29) is 0 Å². The molecule has 1 aromatic carbocycles. The normalized spacial score (nSPS) is 15.9. The molecule has 0 N–H and O–H groups in total. The van der Waals surface area contributed by atoms with E-state index in [1.165, 1.54) is 50.5 Å². The smallest absolute Gasteiger partial charge is 0.0378 e. The van der Waals surface area contributed by atoms with Crippen molar-refractivity contribution in [3.63, 3.8) is 0 Å². The van der Waals surface area contributed by atoms with E-state index in [9.17, 15) is 0 Å². The largest absolute Gasteiger partial charge is 0.142 e. The maximum atomic E-state index is 4.61. The zero-order chi connectivity index (χ0) is 16.3. The molecule has 0 nitrogen and oxygen atoms in total. The van der Waals surface area contributed by atoms with Crippen molar-refractivity contribution in [3.8, 4) is 11.8 Å². The molecule has 0 aromatic heterocycles. The first-order chi connectivity index (χ1) is 11.3. The van der Waals surface area contributed by atoms with Crippen LogP contribution < -0.4 is 0 Å². The van der Waals surface area contributed by atoms with Crippen LogP contribution in [0.4, 0.5) is 0 Å². The molecule has 23 heavy (non-hydrogen) atoms. The van der Waals surface area contributed by atoms with Gasteiger partial charge in [-0.25, -0.2) is 0 Å². The fraction of sp³-hybridized carbons (Fsp3) is 0.455. The van der Waals surface area contributed by atoms with E-state index in [1.54, 1.807) is 0 Å². The summed E-state index contributed by atoms with van der Waals surface area (Å²) in [5.74, 6) is 7.35. The SMILES string of the molecule is C/C=C\C=C/CC#Cc1ccc(CCC2CCCCC2)cc1S. The van der Waals surface area contributed by atoms with Gasteiger partial charge in [-0.3, -0.25) is 0 Å². The van der Waals surface area contributed by atoms with Gasteiger partial charge in [0.15, 0.2) is 0 Å². The third-order valence-electron chi connectivity index (χ3n) is 4.51. The Morgan fingerprint density at radius 3 is 2.74 bits per heavy atom. The van der Waals surface area contributed by atoms with Crippen molar-refractivity contribution in [1.29, 1.82) is 0 Å². The van der Waals surface area contributed by atoms with Crippen LogP contribution in [0.2, 0.25) is 0 Å². The lowest BCUT2D eigenvalue weighted by Crippen LogP contribution is -2.07. The van der Waals surface area contributed by atoms with Gasteiger partial charge in [0.2, 0.25) is 0 Å². The molecule has 1 fully saturated rings. The van der Waals surface area contributed by atoms with Crippen LogP contribution in [0.25, 0.3) is 0 Å². The van der Waals surface area contributed by atoms with Crippen molar-refractivity contribution in [2.45, 2.75) is 63.2 Å². The first-order valence-corrected chi connectivity index (χ1v) is 9.33. The van der Waals surface area contributed by atoms with E-state index >= 15 is 0 Å². The summed E-state index contributed by atoms with van der Waals surface area (Å²) < 4.78 is 0. The molecule has 0 atom stereocenters. The third-order valence-corrected chi connectivity index (χ3v) is 4.88. The summed E-state index contributed by atoms with van der Waals surface area (Å²) >= 11 is 4.61. The van der Waals surface area contributed by atoms with Gasteiger partial charge in [-0.15, -0.1) is 12.6 Å². The highest BCUT2D eigenvalue weighted by Crippen LogP contribution is 2.28. The van der Waals surface area contributed by atoms with E-state index in [0.29, 0.717) is 0 Å². The predicted octanol–water partition coefficient (Wildman–Crippen LogP) is 6.36. The number of rotatable bonds is 5. The molecule has 122 valence electrons. The van der Waals surface area contributed by atoms with Crippen LogP contribution in [0.5, 0.6) is 0 Å². The second-order valence-corrected chi connectivity index (χ2v) is 6.84. The predicted molar refractivity (Wildman–Crippen MR) is 104 cm³/mol. The molecule has 1 aromatic rings. The second kappa shape index (κ2) is 10.4. The molecule has 1 heteroatoms. The van der Waals surface area contributed by atoms with Crippen LogP contribution >= 0.6 is 12.6 Å². The van der Waals surface area contributed by atoms with E-state index in [1.807, 2.05) is 25.2 Å². The lowest BCUT2D eigenvalue weighted by Gasteiger charge is -2.21. The van der Waals surface area contributed by atoms with Crippen molar-refractivity contribution in [1.82, 2.24) is 0 Å². The molecule has 0 bridgehead atoms. The van der Waals surface area contributed by atoms with Crippen molar-refractivity contribution in [2.75, 3.05) is 0 Å². The van der Waals surface area contributed by atoms with Crippen LogP contribution in [0.15, 0.2) is 47.4 Å². The van der Waals surface area contributed by atoms with E-state index < -0.39 is 0 Å². The Bertz CT molecular complexity index is 592. The molecule has 0 heterocycles. The zero-order valence-electron chi connectivity index (χ0n) is 14.2. The van der Waals surface area contributed by atoms with E-state index in [2.05, 4.69) is 48.7 Å². The molecule has 1 aliphatic rings. The van der Waals surface area contributed by atoms with Crippen LogP contribution in [0.1, 0.15) is 63.0 Å². The van der Waals surface area contributed by atoms with Crippen molar-refractivity contribution >= 4 is 12.6 Å². The van der Waals surface area contributed by atoms with Gasteiger partial charge in [0.25, 0.3) is 0 Å². The van der Waals surface area contributed by atoms with Crippen molar-refractivity contribution < 1.29 is 0 Å². The molecule has 0 spiro atoms. The maximum absolute atomic E-state index is 4.61. The standard InChI is InChI=1S/C22H28S/c1-2-3-4-5-6-10-13-21-17-16-20(18-22(21)23)15-14-19-11-8-7-9-12-19/h2-5,16-19,23H,6-9,11-12,14-15H2,1H3/b3-2-,5-4-. The molecular formula is C22H28S. The van der Waals surface area contributed by atoms with Gasteiger partial charge in [-0.05, 0) is 43.4 Å². The van der Waals surface area contributed by atoms with Gasteiger partial charge in [0.1, 0.15) is 0 Å². The van der Waals surface area contributed by atoms with Gasteiger partial charge in [-0.2, -0.15) is 0 Å². The van der Waals surface area contributed by atoms with E-state index in [0.717, 1.165) is 22.8 Å². The van der Waals surface area contributed by atoms with Gasteiger partial charge < -0.3 is 0 Å². The summed E-state index contributed by atoms with van der Waals surface area (Å²) in [4.78, 5) is 1.01.